The number of halogens is 1. The molecule has 0 aliphatic rings. The van der Waals surface area contributed by atoms with E-state index < -0.39 is 7.82 Å². The average molecular weight is 404 g/mol. The minimum absolute atomic E-state index is 0.728. The van der Waals surface area contributed by atoms with Gasteiger partial charge >= 0.3 is 7.82 Å². The number of rotatable bonds is 8. The van der Waals surface area contributed by atoms with E-state index in [2.05, 4.69) is 29.0 Å². The molecule has 1 aromatic heterocycles. The van der Waals surface area contributed by atoms with Crippen LogP contribution in [0, 0.1) is 0 Å². The van der Waals surface area contributed by atoms with Gasteiger partial charge in [-0.15, -0.1) is 0 Å². The topological polar surface area (TPSA) is 106 Å². The van der Waals surface area contributed by atoms with Crippen molar-refractivity contribution in [3.8, 4) is 0 Å². The fourth-order valence-electron chi connectivity index (χ4n) is 2.50. The second kappa shape index (κ2) is 11.5. The first-order valence-electron chi connectivity index (χ1n) is 8.53. The first kappa shape index (κ1) is 22.8. The number of anilines is 1. The van der Waals surface area contributed by atoms with Crippen molar-refractivity contribution in [3.05, 3.63) is 35.5 Å². The van der Waals surface area contributed by atoms with Gasteiger partial charge in [0.15, 0.2) is 0 Å². The van der Waals surface area contributed by atoms with Gasteiger partial charge in [-0.25, -0.2) is 4.57 Å². The van der Waals surface area contributed by atoms with E-state index in [0.717, 1.165) is 41.2 Å². The predicted octanol–water partition coefficient (Wildman–Crippen LogP) is 3.49. The molecule has 4 N–H and O–H groups in total. The number of hydrogen-bond donors (Lipinski definition) is 4. The van der Waals surface area contributed by atoms with Gasteiger partial charge in [0.05, 0.1) is 5.52 Å². The van der Waals surface area contributed by atoms with E-state index in [4.69, 9.17) is 30.8 Å². The molecule has 0 aliphatic heterocycles. The molecular weight excluding hydrogens is 377 g/mol. The fraction of sp³-hybridized carbons (Fsp3) is 0.471. The van der Waals surface area contributed by atoms with Crippen molar-refractivity contribution in [2.75, 3.05) is 31.5 Å². The van der Waals surface area contributed by atoms with Gasteiger partial charge in [0, 0.05) is 28.8 Å². The fourth-order valence-corrected chi connectivity index (χ4v) is 2.67. The molecule has 1 heterocycles. The number of pyridine rings is 1. The second-order valence-corrected chi connectivity index (χ2v) is 7.16. The largest absolute Gasteiger partial charge is 0.466 e. The van der Waals surface area contributed by atoms with Crippen molar-refractivity contribution in [1.29, 1.82) is 0 Å². The van der Waals surface area contributed by atoms with E-state index in [1.165, 1.54) is 19.4 Å². The normalized spacial score (nSPS) is 11.3. The molecule has 0 atom stereocenters. The Morgan fingerprint density at radius 3 is 2.42 bits per heavy atom. The van der Waals surface area contributed by atoms with Crippen LogP contribution in [0.4, 0.5) is 5.69 Å². The predicted molar refractivity (Wildman–Crippen MR) is 107 cm³/mol. The Hall–Kier alpha value is -1.21. The van der Waals surface area contributed by atoms with Crippen LogP contribution in [0.3, 0.4) is 0 Å². The SMILES string of the molecule is CCN(CC)CCCCNc1ccnc2cc(Cl)ccc12.O=P(O)(O)O. The minimum atomic E-state index is -4.64. The summed E-state index contributed by atoms with van der Waals surface area (Å²) in [6, 6.07) is 7.88. The lowest BCUT2D eigenvalue weighted by molar-refractivity contribution is 0.275. The lowest BCUT2D eigenvalue weighted by atomic mass is 10.2. The van der Waals surface area contributed by atoms with Crippen LogP contribution in [0.1, 0.15) is 26.7 Å². The number of aromatic nitrogens is 1. The van der Waals surface area contributed by atoms with E-state index in [1.54, 1.807) is 0 Å². The molecule has 0 unspecified atom stereocenters. The summed E-state index contributed by atoms with van der Waals surface area (Å²) < 4.78 is 8.88. The summed E-state index contributed by atoms with van der Waals surface area (Å²) in [7, 11) is -4.64. The molecule has 26 heavy (non-hydrogen) atoms. The summed E-state index contributed by atoms with van der Waals surface area (Å²) in [6.45, 7) is 8.88. The zero-order valence-electron chi connectivity index (χ0n) is 15.1. The standard InChI is InChI=1S/C17H24ClN3.H3O4P/c1-3-21(4-2)12-6-5-10-19-16-9-11-20-17-13-14(18)7-8-15(16)17;1-5(2,3)4/h7-9,11,13H,3-6,10,12H2,1-2H3,(H,19,20);(H3,1,2,3,4). The molecule has 0 aliphatic carbocycles. The molecule has 0 saturated heterocycles. The molecule has 2 rings (SSSR count). The summed E-state index contributed by atoms with van der Waals surface area (Å²) in [5.41, 5.74) is 2.08. The number of phosphoric acid groups is 1. The van der Waals surface area contributed by atoms with Crippen molar-refractivity contribution in [2.24, 2.45) is 0 Å². The Morgan fingerprint density at radius 2 is 1.81 bits per heavy atom. The average Bonchev–Trinajstić information content (AvgIpc) is 2.56. The molecular formula is C17H27ClN3O4P. The van der Waals surface area contributed by atoms with Gasteiger partial charge in [-0.3, -0.25) is 4.98 Å². The van der Waals surface area contributed by atoms with Gasteiger partial charge < -0.3 is 24.9 Å². The van der Waals surface area contributed by atoms with Gasteiger partial charge in [-0.2, -0.15) is 0 Å². The maximum absolute atomic E-state index is 8.88. The number of nitrogens with zero attached hydrogens (tertiary/aromatic N) is 2. The summed E-state index contributed by atoms with van der Waals surface area (Å²) >= 11 is 6.01. The van der Waals surface area contributed by atoms with E-state index in [9.17, 15) is 0 Å². The van der Waals surface area contributed by atoms with Crippen LogP contribution in [-0.4, -0.2) is 50.7 Å². The third-order valence-electron chi connectivity index (χ3n) is 3.82. The van der Waals surface area contributed by atoms with Crippen LogP contribution < -0.4 is 5.32 Å². The van der Waals surface area contributed by atoms with Crippen molar-refractivity contribution < 1.29 is 19.2 Å². The summed E-state index contributed by atoms with van der Waals surface area (Å²) in [4.78, 5) is 28.4. The van der Waals surface area contributed by atoms with Crippen LogP contribution in [0.5, 0.6) is 0 Å². The van der Waals surface area contributed by atoms with Gasteiger partial charge in [0.1, 0.15) is 0 Å². The molecule has 146 valence electrons. The third-order valence-corrected chi connectivity index (χ3v) is 4.05. The first-order valence-corrected chi connectivity index (χ1v) is 10.5. The maximum Gasteiger partial charge on any atom is 0.466 e. The van der Waals surface area contributed by atoms with Crippen LogP contribution in [0.2, 0.25) is 5.02 Å². The Morgan fingerprint density at radius 1 is 1.15 bits per heavy atom. The van der Waals surface area contributed by atoms with Crippen molar-refractivity contribution in [1.82, 2.24) is 9.88 Å². The Kier molecular flexibility index (Phi) is 10.1. The third kappa shape index (κ3) is 9.48. The van der Waals surface area contributed by atoms with Crippen LogP contribution in [0.25, 0.3) is 10.9 Å². The van der Waals surface area contributed by atoms with Crippen LogP contribution >= 0.6 is 19.4 Å². The number of hydrogen-bond acceptors (Lipinski definition) is 4. The molecule has 9 heteroatoms. The van der Waals surface area contributed by atoms with Crippen LogP contribution in [0.15, 0.2) is 30.5 Å². The van der Waals surface area contributed by atoms with E-state index in [-0.39, 0.29) is 0 Å². The highest BCUT2D eigenvalue weighted by Gasteiger charge is 2.03. The monoisotopic (exact) mass is 403 g/mol. The van der Waals surface area contributed by atoms with Crippen LogP contribution in [-0.2, 0) is 4.57 Å². The highest BCUT2D eigenvalue weighted by atomic mass is 35.5. The van der Waals surface area contributed by atoms with E-state index >= 15 is 0 Å². The number of nitrogens with one attached hydrogen (secondary N) is 1. The molecule has 1 aromatic carbocycles. The lowest BCUT2D eigenvalue weighted by Gasteiger charge is -2.17. The molecule has 0 fully saturated rings. The number of unbranched alkanes of at least 4 members (excludes halogenated alkanes) is 1. The highest BCUT2D eigenvalue weighted by Crippen LogP contribution is 2.26. The van der Waals surface area contributed by atoms with Gasteiger partial charge in [0.25, 0.3) is 0 Å². The molecule has 7 nitrogen and oxygen atoms in total. The second-order valence-electron chi connectivity index (χ2n) is 5.69. The molecule has 0 saturated carbocycles. The smallest absolute Gasteiger partial charge is 0.384 e. The summed E-state index contributed by atoms with van der Waals surface area (Å²) in [5, 5.41) is 5.37. The van der Waals surface area contributed by atoms with Crippen molar-refractivity contribution in [2.45, 2.75) is 26.7 Å². The molecule has 0 radical (unpaired) electrons. The van der Waals surface area contributed by atoms with E-state index in [0.29, 0.717) is 0 Å². The first-order chi connectivity index (χ1) is 12.2. The molecule has 0 spiro atoms. The van der Waals surface area contributed by atoms with Crippen molar-refractivity contribution in [3.63, 3.8) is 0 Å². The minimum Gasteiger partial charge on any atom is -0.384 e. The highest BCUT2D eigenvalue weighted by molar-refractivity contribution is 7.45. The lowest BCUT2D eigenvalue weighted by Crippen LogP contribution is -2.24. The summed E-state index contributed by atoms with van der Waals surface area (Å²) in [6.07, 6.45) is 4.23. The van der Waals surface area contributed by atoms with E-state index in [1.807, 2.05) is 30.5 Å². The summed E-state index contributed by atoms with van der Waals surface area (Å²) in [5.74, 6) is 0. The Bertz CT molecular complexity index is 714. The number of benzene rings is 1. The Labute approximate surface area is 159 Å². The maximum atomic E-state index is 8.88. The van der Waals surface area contributed by atoms with Gasteiger partial charge in [-0.1, -0.05) is 25.4 Å². The quantitative estimate of drug-likeness (QED) is 0.395. The van der Waals surface area contributed by atoms with Crippen molar-refractivity contribution >= 4 is 36.0 Å². The van der Waals surface area contributed by atoms with Gasteiger partial charge in [0.2, 0.25) is 0 Å². The van der Waals surface area contributed by atoms with Gasteiger partial charge in [-0.05, 0) is 56.7 Å². The molecule has 0 amide bonds. The molecule has 2 aromatic rings. The zero-order chi connectivity index (χ0) is 19.6. The molecule has 0 bridgehead atoms. The Balaban J connectivity index is 0.000000597. The zero-order valence-corrected chi connectivity index (χ0v) is 16.7. The number of fused-ring (bicyclic) bond motifs is 1.